The predicted molar refractivity (Wildman–Crippen MR) is 116 cm³/mol. The number of fused-ring (bicyclic) bond motifs is 1. The largest absolute Gasteiger partial charge is 0.488 e. The Morgan fingerprint density at radius 2 is 1.55 bits per heavy atom. The number of halogens is 2. The van der Waals surface area contributed by atoms with Crippen LogP contribution in [0.15, 0.2) is 90.0 Å². The molecule has 0 radical (unpaired) electrons. The number of hydrogen-bond acceptors (Lipinski definition) is 3. The first-order valence-corrected chi connectivity index (χ1v) is 9.58. The zero-order valence-electron chi connectivity index (χ0n) is 16.4. The Morgan fingerprint density at radius 3 is 2.29 bits per heavy atom. The van der Waals surface area contributed by atoms with Crippen molar-refractivity contribution in [3.8, 4) is 5.75 Å². The molecule has 4 aromatic rings. The van der Waals surface area contributed by atoms with E-state index in [0.717, 1.165) is 16.3 Å². The van der Waals surface area contributed by atoms with Crippen LogP contribution in [0.3, 0.4) is 0 Å². The van der Waals surface area contributed by atoms with E-state index in [2.05, 4.69) is 10.5 Å². The second-order valence-electron chi connectivity index (χ2n) is 6.82. The summed E-state index contributed by atoms with van der Waals surface area (Å²) in [6.07, 6.45) is 1.52. The molecule has 0 saturated heterocycles. The van der Waals surface area contributed by atoms with Crippen molar-refractivity contribution in [1.82, 2.24) is 5.43 Å². The quantitative estimate of drug-likeness (QED) is 0.335. The van der Waals surface area contributed by atoms with Gasteiger partial charge >= 0.3 is 0 Å². The lowest BCUT2D eigenvalue weighted by molar-refractivity contribution is 0.0955. The Morgan fingerprint density at radius 1 is 0.871 bits per heavy atom. The summed E-state index contributed by atoms with van der Waals surface area (Å²) in [6.45, 7) is 0.251. The van der Waals surface area contributed by atoms with Gasteiger partial charge in [0.15, 0.2) is 0 Å². The molecule has 1 amide bonds. The second kappa shape index (κ2) is 9.17. The van der Waals surface area contributed by atoms with E-state index >= 15 is 0 Å². The van der Waals surface area contributed by atoms with Gasteiger partial charge in [0.05, 0.1) is 6.21 Å². The Labute approximate surface area is 177 Å². The van der Waals surface area contributed by atoms with Crippen LogP contribution in [0.5, 0.6) is 5.75 Å². The van der Waals surface area contributed by atoms with Crippen LogP contribution < -0.4 is 10.2 Å². The van der Waals surface area contributed by atoms with Gasteiger partial charge in [0.1, 0.15) is 24.0 Å². The minimum atomic E-state index is -0.453. The number of benzene rings is 4. The number of hydrogen-bond donors (Lipinski definition) is 1. The second-order valence-corrected chi connectivity index (χ2v) is 6.82. The summed E-state index contributed by atoms with van der Waals surface area (Å²) in [6, 6.07) is 22.8. The third-order valence-corrected chi connectivity index (χ3v) is 4.70. The molecule has 31 heavy (non-hydrogen) atoms. The van der Waals surface area contributed by atoms with Gasteiger partial charge in [0.25, 0.3) is 5.91 Å². The normalized spacial score (nSPS) is 11.0. The molecule has 0 atom stereocenters. The third kappa shape index (κ3) is 4.93. The molecule has 0 spiro atoms. The summed E-state index contributed by atoms with van der Waals surface area (Å²) in [7, 11) is 0. The predicted octanol–water partition coefficient (Wildman–Crippen LogP) is 5.46. The fraction of sp³-hybridized carbons (Fsp3) is 0.0400. The SMILES string of the molecule is O=C(N/N=C/c1c(OCc2ccc(F)cc2)ccc2ccccc12)c1ccc(F)cc1. The Kier molecular flexibility index (Phi) is 5.98. The van der Waals surface area contributed by atoms with Gasteiger partial charge in [-0.3, -0.25) is 4.79 Å². The number of amides is 1. The van der Waals surface area contributed by atoms with E-state index in [1.54, 1.807) is 12.1 Å². The van der Waals surface area contributed by atoms with Gasteiger partial charge < -0.3 is 4.74 Å². The van der Waals surface area contributed by atoms with Crippen molar-refractivity contribution in [2.45, 2.75) is 6.61 Å². The molecule has 0 aliphatic heterocycles. The summed E-state index contributed by atoms with van der Waals surface area (Å²) < 4.78 is 32.1. The van der Waals surface area contributed by atoms with Crippen molar-refractivity contribution in [3.63, 3.8) is 0 Å². The molecule has 0 heterocycles. The Balaban J connectivity index is 1.57. The molecule has 154 valence electrons. The Hall–Kier alpha value is -4.06. The van der Waals surface area contributed by atoms with Gasteiger partial charge in [0, 0.05) is 11.1 Å². The lowest BCUT2D eigenvalue weighted by Gasteiger charge is -2.12. The number of carbonyl (C=O) groups excluding carboxylic acids is 1. The molecule has 6 heteroatoms. The number of nitrogens with one attached hydrogen (secondary N) is 1. The van der Waals surface area contributed by atoms with Gasteiger partial charge in [-0.1, -0.05) is 42.5 Å². The minimum Gasteiger partial charge on any atom is -0.488 e. The van der Waals surface area contributed by atoms with E-state index in [4.69, 9.17) is 4.74 Å². The fourth-order valence-electron chi connectivity index (χ4n) is 3.10. The summed E-state index contributed by atoms with van der Waals surface area (Å²) in [5.74, 6) is -0.606. The maximum Gasteiger partial charge on any atom is 0.271 e. The highest BCUT2D eigenvalue weighted by Crippen LogP contribution is 2.27. The van der Waals surface area contributed by atoms with Crippen LogP contribution in [-0.4, -0.2) is 12.1 Å². The first kappa shape index (κ1) is 20.2. The van der Waals surface area contributed by atoms with E-state index in [1.807, 2.05) is 36.4 Å². The molecule has 0 saturated carbocycles. The number of carbonyl (C=O) groups is 1. The highest BCUT2D eigenvalue weighted by atomic mass is 19.1. The van der Waals surface area contributed by atoms with Crippen LogP contribution in [-0.2, 0) is 6.61 Å². The average molecular weight is 416 g/mol. The van der Waals surface area contributed by atoms with Gasteiger partial charge in [-0.2, -0.15) is 5.10 Å². The van der Waals surface area contributed by atoms with Crippen LogP contribution in [0, 0.1) is 11.6 Å². The summed E-state index contributed by atoms with van der Waals surface area (Å²) in [5.41, 5.74) is 4.26. The van der Waals surface area contributed by atoms with Crippen LogP contribution in [0.25, 0.3) is 10.8 Å². The molecular formula is C25H18F2N2O2. The highest BCUT2D eigenvalue weighted by Gasteiger charge is 2.09. The molecule has 4 aromatic carbocycles. The monoisotopic (exact) mass is 416 g/mol. The molecule has 0 aliphatic carbocycles. The smallest absolute Gasteiger partial charge is 0.271 e. The van der Waals surface area contributed by atoms with Crippen molar-refractivity contribution in [1.29, 1.82) is 0 Å². The number of hydrazone groups is 1. The number of rotatable bonds is 6. The van der Waals surface area contributed by atoms with Crippen LogP contribution in [0.4, 0.5) is 8.78 Å². The van der Waals surface area contributed by atoms with E-state index in [0.29, 0.717) is 16.9 Å². The van der Waals surface area contributed by atoms with Crippen molar-refractivity contribution < 1.29 is 18.3 Å². The zero-order valence-corrected chi connectivity index (χ0v) is 16.4. The maximum absolute atomic E-state index is 13.1. The first-order valence-electron chi connectivity index (χ1n) is 9.58. The summed E-state index contributed by atoms with van der Waals surface area (Å²) in [5, 5.41) is 5.96. The van der Waals surface area contributed by atoms with Gasteiger partial charge in [0.2, 0.25) is 0 Å². The van der Waals surface area contributed by atoms with E-state index in [9.17, 15) is 13.6 Å². The molecule has 4 rings (SSSR count). The fourth-order valence-corrected chi connectivity index (χ4v) is 3.10. The lowest BCUT2D eigenvalue weighted by atomic mass is 10.0. The Bertz CT molecular complexity index is 1240. The summed E-state index contributed by atoms with van der Waals surface area (Å²) >= 11 is 0. The highest BCUT2D eigenvalue weighted by molar-refractivity contribution is 6.03. The third-order valence-electron chi connectivity index (χ3n) is 4.70. The number of nitrogens with zero attached hydrogens (tertiary/aromatic N) is 1. The van der Waals surface area contributed by atoms with Crippen molar-refractivity contribution in [2.75, 3.05) is 0 Å². The van der Waals surface area contributed by atoms with E-state index in [-0.39, 0.29) is 12.4 Å². The van der Waals surface area contributed by atoms with Gasteiger partial charge in [-0.15, -0.1) is 0 Å². The minimum absolute atomic E-state index is 0.251. The standard InChI is InChI=1S/C25H18F2N2O2/c26-20-10-5-17(6-11-20)16-31-24-14-9-18-3-1-2-4-22(18)23(24)15-28-29-25(30)19-7-12-21(27)13-8-19/h1-15H,16H2,(H,29,30)/b28-15+. The van der Waals surface area contributed by atoms with Crippen LogP contribution >= 0.6 is 0 Å². The topological polar surface area (TPSA) is 50.7 Å². The molecule has 0 unspecified atom stereocenters. The van der Waals surface area contributed by atoms with Crippen molar-refractivity contribution >= 4 is 22.9 Å². The first-order chi connectivity index (χ1) is 15.1. The molecule has 4 nitrogen and oxygen atoms in total. The van der Waals surface area contributed by atoms with E-state index in [1.165, 1.54) is 42.6 Å². The zero-order chi connectivity index (χ0) is 21.6. The number of ether oxygens (including phenoxy) is 1. The molecular weight excluding hydrogens is 398 g/mol. The molecule has 0 fully saturated rings. The summed E-state index contributed by atoms with van der Waals surface area (Å²) in [4.78, 5) is 12.2. The molecule has 0 aromatic heterocycles. The molecule has 1 N–H and O–H groups in total. The van der Waals surface area contributed by atoms with Gasteiger partial charge in [-0.25, -0.2) is 14.2 Å². The molecule has 0 aliphatic rings. The molecule has 0 bridgehead atoms. The van der Waals surface area contributed by atoms with Gasteiger partial charge in [-0.05, 0) is 58.8 Å². The lowest BCUT2D eigenvalue weighted by Crippen LogP contribution is -2.17. The van der Waals surface area contributed by atoms with Crippen molar-refractivity contribution in [2.24, 2.45) is 5.10 Å². The van der Waals surface area contributed by atoms with Crippen LogP contribution in [0.2, 0.25) is 0 Å². The average Bonchev–Trinajstić information content (AvgIpc) is 2.79. The maximum atomic E-state index is 13.1. The van der Waals surface area contributed by atoms with E-state index < -0.39 is 11.7 Å². The van der Waals surface area contributed by atoms with Crippen molar-refractivity contribution in [3.05, 3.63) is 113 Å². The van der Waals surface area contributed by atoms with Crippen LogP contribution in [0.1, 0.15) is 21.5 Å².